The molecule has 2 fully saturated rings. The lowest BCUT2D eigenvalue weighted by atomic mass is 9.80. The van der Waals surface area contributed by atoms with Crippen molar-refractivity contribution in [2.75, 3.05) is 35.0 Å². The maximum atomic E-state index is 14.6. The number of piperidine rings is 1. The van der Waals surface area contributed by atoms with Crippen molar-refractivity contribution in [1.29, 1.82) is 0 Å². The lowest BCUT2D eigenvalue weighted by Gasteiger charge is -2.42. The van der Waals surface area contributed by atoms with Crippen molar-refractivity contribution in [3.8, 4) is 0 Å². The summed E-state index contributed by atoms with van der Waals surface area (Å²) >= 11 is 0. The molecule has 0 aromatic carbocycles. The fourth-order valence-corrected chi connectivity index (χ4v) is 9.26. The highest BCUT2D eigenvalue weighted by Crippen LogP contribution is 2.35. The van der Waals surface area contributed by atoms with Gasteiger partial charge in [0.1, 0.15) is 24.0 Å². The average Bonchev–Trinajstić information content (AvgIpc) is 3.21. The van der Waals surface area contributed by atoms with E-state index in [1.54, 1.807) is 21.0 Å². The largest absolute Gasteiger partial charge is 0.466 e. The molecule has 1 amide bonds. The van der Waals surface area contributed by atoms with Gasteiger partial charge in [0.15, 0.2) is 0 Å². The van der Waals surface area contributed by atoms with Gasteiger partial charge in [-0.15, -0.1) is 0 Å². The molecule has 0 bridgehead atoms. The molecule has 0 radical (unpaired) electrons. The molecule has 1 saturated carbocycles. The topological polar surface area (TPSA) is 199 Å². The molecule has 3 rings (SSSR count). The molecule has 14 atom stereocenters. The number of esters is 2. The van der Waals surface area contributed by atoms with Crippen LogP contribution in [0.25, 0.3) is 0 Å². The highest BCUT2D eigenvalue weighted by atomic mass is 16.6. The molecule has 4 N–H and O–H groups in total. The number of allylic oxidation sites excluding steroid dienone is 3. The predicted octanol–water partition coefficient (Wildman–Crippen LogP) is 4.08. The Kier molecular flexibility index (Phi) is 19.5. The minimum absolute atomic E-state index is 0.00303. The van der Waals surface area contributed by atoms with E-state index in [1.165, 1.54) is 26.0 Å². The Morgan fingerprint density at radius 1 is 0.897 bits per heavy atom. The van der Waals surface area contributed by atoms with E-state index >= 15 is 0 Å². The molecule has 0 unspecified atom stereocenters. The summed E-state index contributed by atoms with van der Waals surface area (Å²) in [6, 6.07) is -1.19. The molecule has 1 aliphatic carbocycles. The van der Waals surface area contributed by atoms with Crippen LogP contribution in [0.5, 0.6) is 0 Å². The van der Waals surface area contributed by atoms with Crippen LogP contribution in [-0.4, -0.2) is 138 Å². The van der Waals surface area contributed by atoms with Crippen molar-refractivity contribution < 1.29 is 63.3 Å². The molecule has 0 aromatic rings. The summed E-state index contributed by atoms with van der Waals surface area (Å²) in [6.45, 7) is 11.0. The monoisotopic (exact) mass is 824 g/mol. The van der Waals surface area contributed by atoms with Crippen molar-refractivity contribution in [3.05, 3.63) is 23.3 Å². The number of cyclic esters (lactones) is 1. The van der Waals surface area contributed by atoms with E-state index in [4.69, 9.17) is 23.7 Å². The molecule has 3 aliphatic rings. The SMILES string of the molecule is CC[C@@H]1/C=C(\C)C[C@H](C)C[C@H](OC)[C@@H](O)[C@@H](OC)C[C@@H](C)[C@@](O)(C(=O)OC)C(=O)N2CCCC[C@H]2C(=O)O[C@H](/C(C)=C/[C@@H]2CC[C@@H](O)[C@H](OC)C2)[C@@H](C)[C@@H](O)CC1=O. The summed E-state index contributed by atoms with van der Waals surface area (Å²) < 4.78 is 28.2. The minimum atomic E-state index is -2.76. The number of carbonyl (C=O) groups is 4. The van der Waals surface area contributed by atoms with E-state index in [-0.39, 0.29) is 49.5 Å². The van der Waals surface area contributed by atoms with Gasteiger partial charge in [0.05, 0.1) is 37.6 Å². The van der Waals surface area contributed by atoms with Crippen molar-refractivity contribution in [2.45, 2.75) is 167 Å². The number of aliphatic hydroxyl groups is 4. The highest BCUT2D eigenvalue weighted by Gasteiger charge is 2.55. The number of carbonyl (C=O) groups excluding carboxylic acids is 4. The van der Waals surface area contributed by atoms with Gasteiger partial charge in [-0.3, -0.25) is 9.59 Å². The first-order chi connectivity index (χ1) is 27.4. The Bertz CT molecular complexity index is 1430. The van der Waals surface area contributed by atoms with E-state index < -0.39 is 83.9 Å². The van der Waals surface area contributed by atoms with Crippen LogP contribution >= 0.6 is 0 Å². The van der Waals surface area contributed by atoms with E-state index in [2.05, 4.69) is 0 Å². The van der Waals surface area contributed by atoms with Gasteiger partial charge in [0.2, 0.25) is 5.60 Å². The smallest absolute Gasteiger partial charge is 0.348 e. The van der Waals surface area contributed by atoms with Crippen LogP contribution in [0, 0.1) is 29.6 Å². The van der Waals surface area contributed by atoms with Crippen LogP contribution in [0.3, 0.4) is 0 Å². The van der Waals surface area contributed by atoms with Crippen LogP contribution in [-0.2, 0) is 42.9 Å². The number of methoxy groups -OCH3 is 4. The third kappa shape index (κ3) is 12.2. The summed E-state index contributed by atoms with van der Waals surface area (Å²) in [6.07, 6.45) is 2.03. The second-order valence-corrected chi connectivity index (χ2v) is 17.3. The minimum Gasteiger partial charge on any atom is -0.466 e. The van der Waals surface area contributed by atoms with Gasteiger partial charge >= 0.3 is 11.9 Å². The normalized spacial score (nSPS) is 39.7. The lowest BCUT2D eigenvalue weighted by Crippen LogP contribution is -2.63. The quantitative estimate of drug-likeness (QED) is 0.163. The van der Waals surface area contributed by atoms with Gasteiger partial charge in [-0.05, 0) is 95.5 Å². The second kappa shape index (κ2) is 22.8. The number of ketones is 1. The van der Waals surface area contributed by atoms with Gasteiger partial charge in [0.25, 0.3) is 5.91 Å². The maximum absolute atomic E-state index is 14.6. The first kappa shape index (κ1) is 49.6. The molecule has 0 spiro atoms. The summed E-state index contributed by atoms with van der Waals surface area (Å²) in [5, 5.41) is 45.8. The molecular weight excluding hydrogens is 750 g/mol. The Morgan fingerprint density at radius 3 is 2.14 bits per heavy atom. The standard InChI is InChI=1S/C44H73NO13/c1-11-31-19-25(2)18-26(3)20-37(55-8)39(49)38(56-9)22-28(5)44(53,43(52)57-10)42(51)45-17-13-12-14-32(45)41(50)58-40(29(6)34(47)24-35(31)48)27(4)21-30-15-16-33(46)36(23-30)54-7/h19,21,26,28-34,36-40,46-47,49,53H,11-18,20,22-24H2,1-10H3/b25-19+,27-21+/t26-,28+,29-,30-,31+,32-,33+,34-,36+,37-,38-,39+,40+,44-/m0/s1. The fraction of sp³-hybridized carbons (Fsp3) is 0.818. The van der Waals surface area contributed by atoms with Crippen molar-refractivity contribution in [3.63, 3.8) is 0 Å². The molecular formula is C44H73NO13. The Balaban J connectivity index is 2.15. The Labute approximate surface area is 345 Å². The molecule has 2 heterocycles. The summed E-state index contributed by atoms with van der Waals surface area (Å²) in [4.78, 5) is 57.4. The van der Waals surface area contributed by atoms with Crippen LogP contribution in [0.4, 0.5) is 0 Å². The number of ether oxygens (including phenoxy) is 5. The van der Waals surface area contributed by atoms with Gasteiger partial charge < -0.3 is 49.0 Å². The number of amides is 1. The zero-order valence-electron chi connectivity index (χ0n) is 36.6. The maximum Gasteiger partial charge on any atom is 0.348 e. The Hall–Kier alpha value is -2.72. The van der Waals surface area contributed by atoms with Gasteiger partial charge in [0, 0.05) is 52.0 Å². The average molecular weight is 824 g/mol. The number of hydrogen-bond donors (Lipinski definition) is 4. The molecule has 14 nitrogen and oxygen atoms in total. The van der Waals surface area contributed by atoms with Crippen LogP contribution < -0.4 is 0 Å². The molecule has 332 valence electrons. The summed E-state index contributed by atoms with van der Waals surface area (Å²) in [5.74, 6) is -5.55. The van der Waals surface area contributed by atoms with Crippen LogP contribution in [0.15, 0.2) is 23.3 Å². The predicted molar refractivity (Wildman–Crippen MR) is 216 cm³/mol. The van der Waals surface area contributed by atoms with Crippen molar-refractivity contribution in [2.24, 2.45) is 29.6 Å². The van der Waals surface area contributed by atoms with E-state index in [0.717, 1.165) is 12.7 Å². The summed E-state index contributed by atoms with van der Waals surface area (Å²) in [5.41, 5.74) is -1.15. The first-order valence-electron chi connectivity index (χ1n) is 21.2. The number of Topliss-reactive ketones (excluding diaryl/α,β-unsaturated/α-hetero) is 1. The molecule has 0 aromatic heterocycles. The molecule has 14 heteroatoms. The molecule has 1 saturated heterocycles. The number of nitrogens with zero attached hydrogens (tertiary/aromatic N) is 1. The molecule has 2 aliphatic heterocycles. The van der Waals surface area contributed by atoms with Crippen LogP contribution in [0.2, 0.25) is 0 Å². The van der Waals surface area contributed by atoms with E-state index in [0.29, 0.717) is 56.9 Å². The lowest BCUT2D eigenvalue weighted by molar-refractivity contribution is -0.188. The van der Waals surface area contributed by atoms with Crippen molar-refractivity contribution in [1.82, 2.24) is 4.90 Å². The Morgan fingerprint density at radius 2 is 1.53 bits per heavy atom. The zero-order chi connectivity index (χ0) is 43.5. The third-order valence-corrected chi connectivity index (χ3v) is 13.0. The fourth-order valence-electron chi connectivity index (χ4n) is 9.26. The zero-order valence-corrected chi connectivity index (χ0v) is 36.6. The highest BCUT2D eigenvalue weighted by molar-refractivity contribution is 6.07. The van der Waals surface area contributed by atoms with E-state index in [9.17, 15) is 39.6 Å². The van der Waals surface area contributed by atoms with Gasteiger partial charge in [-0.2, -0.15) is 0 Å². The number of hydrogen-bond acceptors (Lipinski definition) is 13. The first-order valence-corrected chi connectivity index (χ1v) is 21.2. The second-order valence-electron chi connectivity index (χ2n) is 17.3. The third-order valence-electron chi connectivity index (χ3n) is 13.0. The molecule has 58 heavy (non-hydrogen) atoms. The van der Waals surface area contributed by atoms with Gasteiger partial charge in [-0.1, -0.05) is 45.4 Å². The number of aliphatic hydroxyl groups excluding tert-OH is 3. The van der Waals surface area contributed by atoms with Gasteiger partial charge in [-0.25, -0.2) is 9.59 Å². The summed E-state index contributed by atoms with van der Waals surface area (Å²) in [7, 11) is 5.49. The number of rotatable bonds is 7. The van der Waals surface area contributed by atoms with Crippen LogP contribution in [0.1, 0.15) is 112 Å². The van der Waals surface area contributed by atoms with Crippen molar-refractivity contribution >= 4 is 23.6 Å². The number of fused-ring (bicyclic) bond motifs is 1. The van der Waals surface area contributed by atoms with E-state index in [1.807, 2.05) is 32.9 Å².